The molecule has 1 N–H and O–H groups in total. The average Bonchev–Trinajstić information content (AvgIpc) is 2.84. The molecule has 3 nitrogen and oxygen atoms in total. The first kappa shape index (κ1) is 13.1. The maximum Gasteiger partial charge on any atom is 0.336 e. The van der Waals surface area contributed by atoms with E-state index in [0.717, 1.165) is 10.4 Å². The van der Waals surface area contributed by atoms with Crippen LogP contribution in [0.1, 0.15) is 15.9 Å². The second kappa shape index (κ2) is 4.89. The molecule has 0 saturated heterocycles. The molecule has 5 heteroatoms. The lowest BCUT2D eigenvalue weighted by atomic mass is 10.0. The number of thiophene rings is 1. The van der Waals surface area contributed by atoms with Gasteiger partial charge in [-0.05, 0) is 37.3 Å². The van der Waals surface area contributed by atoms with Gasteiger partial charge in [0.2, 0.25) is 0 Å². The number of fused-ring (bicyclic) bond motifs is 1. The maximum atomic E-state index is 11.5. The summed E-state index contributed by atoms with van der Waals surface area (Å²) in [5, 5.41) is 10.1. The molecule has 0 aliphatic rings. The number of nitrogens with zero attached hydrogens (tertiary/aromatic N) is 1. The third kappa shape index (κ3) is 2.28. The van der Waals surface area contributed by atoms with Crippen LogP contribution in [-0.4, -0.2) is 16.1 Å². The number of carboxylic acid groups (broad SMARTS) is 1. The largest absolute Gasteiger partial charge is 0.478 e. The molecule has 0 unspecified atom stereocenters. The van der Waals surface area contributed by atoms with Crippen LogP contribution in [-0.2, 0) is 0 Å². The van der Waals surface area contributed by atoms with E-state index in [1.807, 2.05) is 31.2 Å². The van der Waals surface area contributed by atoms with E-state index < -0.39 is 5.97 Å². The summed E-state index contributed by atoms with van der Waals surface area (Å²) < 4.78 is 0.655. The molecule has 0 atom stereocenters. The summed E-state index contributed by atoms with van der Waals surface area (Å²) in [4.78, 5) is 16.9. The fourth-order valence-corrected chi connectivity index (χ4v) is 3.10. The van der Waals surface area contributed by atoms with Gasteiger partial charge in [-0.3, -0.25) is 0 Å². The summed E-state index contributed by atoms with van der Waals surface area (Å²) in [6.45, 7) is 1.93. The molecule has 0 aliphatic carbocycles. The van der Waals surface area contributed by atoms with Crippen LogP contribution >= 0.6 is 22.9 Å². The van der Waals surface area contributed by atoms with Crippen molar-refractivity contribution in [1.82, 2.24) is 4.98 Å². The van der Waals surface area contributed by atoms with E-state index in [9.17, 15) is 9.90 Å². The molecule has 0 amide bonds. The second-order valence-electron chi connectivity index (χ2n) is 4.48. The van der Waals surface area contributed by atoms with Crippen molar-refractivity contribution in [2.75, 3.05) is 0 Å². The van der Waals surface area contributed by atoms with Crippen LogP contribution in [0.2, 0.25) is 4.34 Å². The summed E-state index contributed by atoms with van der Waals surface area (Å²) >= 11 is 7.31. The number of aromatic carboxylic acids is 1. The molecule has 0 spiro atoms. The van der Waals surface area contributed by atoms with Gasteiger partial charge >= 0.3 is 5.97 Å². The van der Waals surface area contributed by atoms with Gasteiger partial charge in [0.15, 0.2) is 0 Å². The van der Waals surface area contributed by atoms with Crippen LogP contribution in [0, 0.1) is 6.92 Å². The molecule has 0 fully saturated rings. The quantitative estimate of drug-likeness (QED) is 0.751. The van der Waals surface area contributed by atoms with Crippen molar-refractivity contribution in [3.63, 3.8) is 0 Å². The summed E-state index contributed by atoms with van der Waals surface area (Å²) in [5.41, 5.74) is 2.58. The van der Waals surface area contributed by atoms with Gasteiger partial charge < -0.3 is 5.11 Å². The number of hydrogen-bond acceptors (Lipinski definition) is 3. The highest BCUT2D eigenvalue weighted by atomic mass is 35.5. The van der Waals surface area contributed by atoms with Crippen molar-refractivity contribution in [1.29, 1.82) is 0 Å². The number of pyridine rings is 1. The summed E-state index contributed by atoms with van der Waals surface area (Å²) in [7, 11) is 0. The molecule has 2 heterocycles. The molecular weight excluding hydrogens is 294 g/mol. The van der Waals surface area contributed by atoms with E-state index in [1.54, 1.807) is 12.1 Å². The van der Waals surface area contributed by atoms with E-state index in [2.05, 4.69) is 4.98 Å². The minimum atomic E-state index is -0.952. The average molecular weight is 304 g/mol. The smallest absolute Gasteiger partial charge is 0.336 e. The molecule has 3 aromatic rings. The zero-order valence-electron chi connectivity index (χ0n) is 10.6. The number of carboxylic acids is 1. The van der Waals surface area contributed by atoms with Gasteiger partial charge in [0.25, 0.3) is 0 Å². The first-order valence-electron chi connectivity index (χ1n) is 5.95. The summed E-state index contributed by atoms with van der Waals surface area (Å²) in [5.74, 6) is -0.952. The number of aromatic nitrogens is 1. The van der Waals surface area contributed by atoms with Gasteiger partial charge in [0.05, 0.1) is 26.0 Å². The highest BCUT2D eigenvalue weighted by Gasteiger charge is 2.14. The summed E-state index contributed by atoms with van der Waals surface area (Å²) in [6, 6.07) is 10.8. The Kier molecular flexibility index (Phi) is 3.20. The number of aryl methyl sites for hydroxylation is 1. The Morgan fingerprint density at radius 3 is 2.70 bits per heavy atom. The van der Waals surface area contributed by atoms with Gasteiger partial charge in [-0.2, -0.15) is 0 Å². The normalized spacial score (nSPS) is 10.9. The molecule has 100 valence electrons. The molecule has 0 aliphatic heterocycles. The van der Waals surface area contributed by atoms with Gasteiger partial charge in [-0.15, -0.1) is 11.3 Å². The van der Waals surface area contributed by atoms with Crippen LogP contribution in [0.25, 0.3) is 21.5 Å². The van der Waals surface area contributed by atoms with Crippen molar-refractivity contribution in [3.8, 4) is 10.6 Å². The number of benzene rings is 1. The fraction of sp³-hybridized carbons (Fsp3) is 0.0667. The fourth-order valence-electron chi connectivity index (χ4n) is 2.09. The number of hydrogen-bond donors (Lipinski definition) is 1. The van der Waals surface area contributed by atoms with Crippen LogP contribution in [0.15, 0.2) is 36.4 Å². The number of halogens is 1. The Hall–Kier alpha value is -1.91. The molecule has 3 rings (SSSR count). The second-order valence-corrected chi connectivity index (χ2v) is 6.20. The van der Waals surface area contributed by atoms with Crippen molar-refractivity contribution < 1.29 is 9.90 Å². The zero-order chi connectivity index (χ0) is 14.3. The van der Waals surface area contributed by atoms with Gasteiger partial charge in [-0.25, -0.2) is 9.78 Å². The zero-order valence-corrected chi connectivity index (χ0v) is 12.1. The Bertz CT molecular complexity index is 826. The van der Waals surface area contributed by atoms with Gasteiger partial charge in [0, 0.05) is 5.39 Å². The lowest BCUT2D eigenvalue weighted by Gasteiger charge is -2.06. The SMILES string of the molecule is Cc1ccc2nc(-c3ccc(Cl)s3)cc(C(=O)O)c2c1. The van der Waals surface area contributed by atoms with Crippen molar-refractivity contribution in [3.05, 3.63) is 51.9 Å². The van der Waals surface area contributed by atoms with E-state index in [1.165, 1.54) is 11.3 Å². The van der Waals surface area contributed by atoms with E-state index in [4.69, 9.17) is 11.6 Å². The van der Waals surface area contributed by atoms with Crippen LogP contribution < -0.4 is 0 Å². The third-order valence-electron chi connectivity index (χ3n) is 3.02. The standard InChI is InChI=1S/C15H10ClNO2S/c1-8-2-3-11-9(6-8)10(15(18)19)7-12(17-11)13-4-5-14(16)20-13/h2-7H,1H3,(H,18,19). The molecule has 2 aromatic heterocycles. The van der Waals surface area contributed by atoms with E-state index in [-0.39, 0.29) is 5.56 Å². The van der Waals surface area contributed by atoms with Crippen molar-refractivity contribution >= 4 is 39.8 Å². The van der Waals surface area contributed by atoms with Crippen LogP contribution in [0.5, 0.6) is 0 Å². The van der Waals surface area contributed by atoms with Crippen LogP contribution in [0.3, 0.4) is 0 Å². The number of carbonyl (C=O) groups is 1. The van der Waals surface area contributed by atoms with Crippen LogP contribution in [0.4, 0.5) is 0 Å². The first-order chi connectivity index (χ1) is 9.54. The highest BCUT2D eigenvalue weighted by molar-refractivity contribution is 7.19. The van der Waals surface area contributed by atoms with Gasteiger partial charge in [-0.1, -0.05) is 23.2 Å². The first-order valence-corrected chi connectivity index (χ1v) is 7.14. The monoisotopic (exact) mass is 303 g/mol. The Balaban J connectivity index is 2.31. The Morgan fingerprint density at radius 1 is 1.25 bits per heavy atom. The van der Waals surface area contributed by atoms with E-state index in [0.29, 0.717) is 20.9 Å². The molecule has 20 heavy (non-hydrogen) atoms. The minimum absolute atomic E-state index is 0.262. The lowest BCUT2D eigenvalue weighted by molar-refractivity contribution is 0.0699. The molecule has 1 aromatic carbocycles. The van der Waals surface area contributed by atoms with Crippen molar-refractivity contribution in [2.24, 2.45) is 0 Å². The predicted octanol–water partition coefficient (Wildman–Crippen LogP) is 4.62. The third-order valence-corrected chi connectivity index (χ3v) is 4.27. The lowest BCUT2D eigenvalue weighted by Crippen LogP contribution is -2.00. The molecular formula is C15H10ClNO2S. The predicted molar refractivity (Wildman–Crippen MR) is 81.8 cm³/mol. The molecule has 0 saturated carbocycles. The van der Waals surface area contributed by atoms with E-state index >= 15 is 0 Å². The molecule has 0 bridgehead atoms. The summed E-state index contributed by atoms with van der Waals surface area (Å²) in [6.07, 6.45) is 0. The maximum absolute atomic E-state index is 11.5. The molecule has 0 radical (unpaired) electrons. The minimum Gasteiger partial charge on any atom is -0.478 e. The Labute approximate surface area is 124 Å². The van der Waals surface area contributed by atoms with Gasteiger partial charge in [0.1, 0.15) is 0 Å². The highest BCUT2D eigenvalue weighted by Crippen LogP contribution is 2.32. The topological polar surface area (TPSA) is 50.2 Å². The number of rotatable bonds is 2. The van der Waals surface area contributed by atoms with Crippen molar-refractivity contribution in [2.45, 2.75) is 6.92 Å². The Morgan fingerprint density at radius 2 is 2.05 bits per heavy atom.